The third kappa shape index (κ3) is 7.63. The lowest BCUT2D eigenvalue weighted by molar-refractivity contribution is -0.149. The molecule has 2 aliphatic heterocycles. The molecular weight excluding hydrogens is 704 g/mol. The van der Waals surface area contributed by atoms with Gasteiger partial charge in [-0.15, -0.1) is 0 Å². The molecule has 48 heavy (non-hydrogen) atoms. The van der Waals surface area contributed by atoms with Crippen LogP contribution < -0.4 is 15.2 Å². The number of carboxylic acids is 1. The summed E-state index contributed by atoms with van der Waals surface area (Å²) in [7, 11) is -6.99. The lowest BCUT2D eigenvalue weighted by atomic mass is 10.1. The van der Waals surface area contributed by atoms with Gasteiger partial charge in [-0.2, -0.15) is 4.31 Å². The van der Waals surface area contributed by atoms with Gasteiger partial charge in [0.2, 0.25) is 31.1 Å². The number of aliphatic carboxylic acids is 1. The number of anilines is 1. The van der Waals surface area contributed by atoms with Crippen molar-refractivity contribution in [2.24, 2.45) is 11.1 Å². The first-order valence-electron chi connectivity index (χ1n) is 14.7. The number of rotatable bonds is 10. The Kier molecular flexibility index (Phi) is 10.4. The van der Waals surface area contributed by atoms with Crippen LogP contribution in [0.4, 0.5) is 5.69 Å². The minimum Gasteiger partial charge on any atom is -0.488 e. The highest BCUT2D eigenvalue weighted by molar-refractivity contribution is 8.14. The number of halogens is 1. The zero-order valence-corrected chi connectivity index (χ0v) is 29.0. The fraction of sp³-hybridized carbons (Fsp3) is 0.323. The maximum Gasteiger partial charge on any atom is 0.326 e. The quantitative estimate of drug-likeness (QED) is 0.277. The Bertz CT molecular complexity index is 1950. The maximum absolute atomic E-state index is 13.3. The molecule has 3 aromatic carbocycles. The number of carbonyl (C=O) groups is 3. The van der Waals surface area contributed by atoms with Gasteiger partial charge in [0.05, 0.1) is 23.4 Å². The molecule has 1 unspecified atom stereocenters. The van der Waals surface area contributed by atoms with Crippen LogP contribution in [-0.2, 0) is 36.1 Å². The van der Waals surface area contributed by atoms with E-state index in [9.17, 15) is 36.3 Å². The molecule has 0 spiro atoms. The number of ether oxygens (including phenoxy) is 1. The number of sulfonamides is 2. The molecule has 3 aromatic rings. The Morgan fingerprint density at radius 2 is 1.79 bits per heavy atom. The number of hydrogen-bond donors (Lipinski definition) is 3. The van der Waals surface area contributed by atoms with Crippen LogP contribution in [0.25, 0.3) is 0 Å². The molecule has 0 saturated carbocycles. The van der Waals surface area contributed by atoms with E-state index in [4.69, 9.17) is 21.5 Å². The van der Waals surface area contributed by atoms with Gasteiger partial charge in [-0.1, -0.05) is 72.8 Å². The molecule has 0 radical (unpaired) electrons. The Hall–Kier alpha value is -3.67. The van der Waals surface area contributed by atoms with Gasteiger partial charge in [0.15, 0.2) is 0 Å². The van der Waals surface area contributed by atoms with E-state index in [0.717, 1.165) is 27.7 Å². The molecular formula is C31H33ClN4O9S3. The van der Waals surface area contributed by atoms with Gasteiger partial charge in [0.1, 0.15) is 27.7 Å². The van der Waals surface area contributed by atoms with Crippen LogP contribution in [0.5, 0.6) is 5.75 Å². The molecule has 4 atom stereocenters. The number of thioether (sulfide) groups is 1. The highest BCUT2D eigenvalue weighted by Crippen LogP contribution is 2.37. The van der Waals surface area contributed by atoms with Crippen molar-refractivity contribution in [3.8, 4) is 5.75 Å². The van der Waals surface area contributed by atoms with Gasteiger partial charge < -0.3 is 20.1 Å². The third-order valence-electron chi connectivity index (χ3n) is 8.14. The average Bonchev–Trinajstić information content (AvgIpc) is 3.46. The van der Waals surface area contributed by atoms with Crippen molar-refractivity contribution in [3.05, 3.63) is 82.9 Å². The number of carboxylic acid groups (broad SMARTS) is 1. The van der Waals surface area contributed by atoms with Crippen molar-refractivity contribution in [2.75, 3.05) is 24.7 Å². The van der Waals surface area contributed by atoms with Gasteiger partial charge in [-0.05, 0) is 29.8 Å². The first kappa shape index (κ1) is 35.6. The number of hydrogen-bond acceptors (Lipinski definition) is 10. The first-order valence-corrected chi connectivity index (χ1v) is 19.0. The fourth-order valence-corrected chi connectivity index (χ4v) is 9.00. The second-order valence-electron chi connectivity index (χ2n) is 11.5. The summed E-state index contributed by atoms with van der Waals surface area (Å²) in [6.07, 6.45) is -1.03. The van der Waals surface area contributed by atoms with Crippen molar-refractivity contribution in [3.63, 3.8) is 0 Å². The number of primary sulfonamides is 1. The monoisotopic (exact) mass is 736 g/mol. The number of likely N-dealkylation sites (tertiary alicyclic amines) is 1. The van der Waals surface area contributed by atoms with Crippen LogP contribution in [0.15, 0.2) is 76.5 Å². The smallest absolute Gasteiger partial charge is 0.326 e. The first-order chi connectivity index (χ1) is 22.6. The third-order valence-corrected chi connectivity index (χ3v) is 12.6. The summed E-state index contributed by atoms with van der Waals surface area (Å²) in [6, 6.07) is 16.6. The predicted molar refractivity (Wildman–Crippen MR) is 180 cm³/mol. The molecule has 5 rings (SSSR count). The summed E-state index contributed by atoms with van der Waals surface area (Å²) in [4.78, 5) is 38.3. The fourth-order valence-electron chi connectivity index (χ4n) is 5.54. The van der Waals surface area contributed by atoms with Crippen LogP contribution in [0, 0.1) is 5.92 Å². The van der Waals surface area contributed by atoms with Crippen molar-refractivity contribution in [2.45, 2.75) is 47.9 Å². The minimum absolute atomic E-state index is 0.0585. The largest absolute Gasteiger partial charge is 0.488 e. The van der Waals surface area contributed by atoms with Crippen LogP contribution in [0.1, 0.15) is 29.3 Å². The molecule has 0 aromatic heterocycles. The summed E-state index contributed by atoms with van der Waals surface area (Å²) < 4.78 is 57.4. The molecule has 1 saturated heterocycles. The minimum atomic E-state index is -4.26. The number of nitrogens with zero attached hydrogens (tertiary/aromatic N) is 2. The predicted octanol–water partition coefficient (Wildman–Crippen LogP) is 3.24. The summed E-state index contributed by atoms with van der Waals surface area (Å²) in [5, 5.41) is 17.7. The summed E-state index contributed by atoms with van der Waals surface area (Å²) >= 11 is 7.11. The van der Waals surface area contributed by atoms with E-state index >= 15 is 0 Å². The number of benzene rings is 3. The molecule has 17 heteroatoms. The molecule has 256 valence electrons. The van der Waals surface area contributed by atoms with Crippen LogP contribution in [-0.4, -0.2) is 85.8 Å². The van der Waals surface area contributed by atoms with Gasteiger partial charge in [-0.25, -0.2) is 26.8 Å². The molecule has 1 fully saturated rings. The molecule has 1 amide bonds. The van der Waals surface area contributed by atoms with E-state index in [0.29, 0.717) is 11.3 Å². The maximum atomic E-state index is 13.3. The van der Waals surface area contributed by atoms with E-state index in [1.165, 1.54) is 18.0 Å². The highest BCUT2D eigenvalue weighted by atomic mass is 35.5. The number of nitrogens with two attached hydrogens (primary N) is 1. The van der Waals surface area contributed by atoms with E-state index in [1.807, 2.05) is 0 Å². The van der Waals surface area contributed by atoms with E-state index in [1.54, 1.807) is 61.5 Å². The van der Waals surface area contributed by atoms with Gasteiger partial charge in [0, 0.05) is 37.1 Å². The second kappa shape index (κ2) is 14.1. The number of carbonyl (C=O) groups excluding carboxylic acids is 2. The van der Waals surface area contributed by atoms with Gasteiger partial charge in [0.25, 0.3) is 0 Å². The number of amides is 1. The summed E-state index contributed by atoms with van der Waals surface area (Å²) in [5.74, 6) is -1.49. The standard InChI is InChI=1S/C31H33ClN4O9S3/c1-18(17-46-31(40)20-6-4-3-5-7-20)29(37)36-16-22(13-25(36)30(38)39)45-21-10-8-19(9-11-21)12-28-34-24-14-23(32)26(47(33,41)42)15-27(24)48(43,44)35(28)2/h3-11,14-15,18,22,25,28,34H,12-13,16-17H2,1-2H3,(H,38,39)(H2,33,41,42)/t18-,22+,25+,28?/m1/s1. The highest BCUT2D eigenvalue weighted by Gasteiger charge is 2.42. The Morgan fingerprint density at radius 1 is 1.12 bits per heavy atom. The van der Waals surface area contributed by atoms with E-state index < -0.39 is 55.1 Å². The SMILES string of the molecule is C[C@H](CSC(=O)c1ccccc1)C(=O)N1C[C@@H](Oc2ccc(CC3Nc4cc(Cl)c(S(N)(=O)=O)cc4S(=O)(=O)N3C)cc2)C[C@H]1C(=O)O. The van der Waals surface area contributed by atoms with Gasteiger partial charge >= 0.3 is 5.97 Å². The number of likely N-dealkylation sites (N-methyl/N-ethyl adjacent to an activating group) is 1. The summed E-state index contributed by atoms with van der Waals surface area (Å²) in [5.41, 5.74) is 1.40. The topological polar surface area (TPSA) is 193 Å². The number of nitrogens with one attached hydrogen (secondary N) is 1. The van der Waals surface area contributed by atoms with E-state index in [-0.39, 0.29) is 51.8 Å². The Labute approximate surface area is 287 Å². The van der Waals surface area contributed by atoms with Crippen molar-refractivity contribution < 1.29 is 41.1 Å². The zero-order chi connectivity index (χ0) is 35.0. The van der Waals surface area contributed by atoms with Crippen LogP contribution in [0.2, 0.25) is 5.02 Å². The molecule has 0 bridgehead atoms. The van der Waals surface area contributed by atoms with Crippen molar-refractivity contribution >= 4 is 66.1 Å². The molecule has 4 N–H and O–H groups in total. The lowest BCUT2D eigenvalue weighted by Gasteiger charge is -2.35. The summed E-state index contributed by atoms with van der Waals surface area (Å²) in [6.45, 7) is 1.72. The van der Waals surface area contributed by atoms with Crippen molar-refractivity contribution in [1.82, 2.24) is 9.21 Å². The average molecular weight is 737 g/mol. The van der Waals surface area contributed by atoms with Crippen LogP contribution >= 0.6 is 23.4 Å². The zero-order valence-electron chi connectivity index (χ0n) is 25.8. The molecule has 2 heterocycles. The normalized spacial score (nSPS) is 21.2. The Morgan fingerprint density at radius 3 is 2.42 bits per heavy atom. The Balaban J connectivity index is 1.21. The van der Waals surface area contributed by atoms with Crippen LogP contribution in [0.3, 0.4) is 0 Å². The molecule has 0 aliphatic carbocycles. The lowest BCUT2D eigenvalue weighted by Crippen LogP contribution is -2.47. The number of fused-ring (bicyclic) bond motifs is 1. The van der Waals surface area contributed by atoms with Crippen molar-refractivity contribution in [1.29, 1.82) is 0 Å². The second-order valence-corrected chi connectivity index (χ2v) is 16.4. The van der Waals surface area contributed by atoms with E-state index in [2.05, 4.69) is 5.32 Å². The van der Waals surface area contributed by atoms with Gasteiger partial charge in [-0.3, -0.25) is 9.59 Å². The molecule has 13 nitrogen and oxygen atoms in total. The molecule has 2 aliphatic rings.